The number of nitrogens with zero attached hydrogens (tertiary/aromatic N) is 4. The Labute approximate surface area is 228 Å². The van der Waals surface area contributed by atoms with Crippen molar-refractivity contribution < 1.29 is 23.1 Å². The Bertz CT molecular complexity index is 1510. The molecule has 1 aromatic carbocycles. The van der Waals surface area contributed by atoms with Crippen molar-refractivity contribution in [1.29, 1.82) is 0 Å². The number of carbonyl (C=O) groups excluding carboxylic acids is 1. The molecule has 2 aromatic heterocycles. The summed E-state index contributed by atoms with van der Waals surface area (Å²) in [6.45, 7) is 0.0867. The number of halogens is 1. The number of fused-ring (bicyclic) bond motifs is 1. The predicted octanol–water partition coefficient (Wildman–Crippen LogP) is 2.49. The molecule has 3 aromatic rings. The Morgan fingerprint density at radius 2 is 2.11 bits per heavy atom. The first-order chi connectivity index (χ1) is 18.0. The van der Waals surface area contributed by atoms with Crippen LogP contribution >= 0.6 is 22.9 Å². The van der Waals surface area contributed by atoms with Gasteiger partial charge in [0.25, 0.3) is 10.0 Å². The van der Waals surface area contributed by atoms with Crippen molar-refractivity contribution in [2.75, 3.05) is 24.2 Å². The number of amides is 1. The summed E-state index contributed by atoms with van der Waals surface area (Å²) >= 11 is 7.47. The molecule has 1 aliphatic heterocycles. The molecule has 0 bridgehead atoms. The SMILES string of the molecule is CN(c1ncc(S(=O)(=O)NC2CCN(C(Cc3cc4ccnc(N)c4cc3Cl)C(=O)O)C2=O)s1)C1CCC1. The van der Waals surface area contributed by atoms with Gasteiger partial charge in [-0.05, 0) is 54.8 Å². The zero-order valence-corrected chi connectivity index (χ0v) is 22.9. The Balaban J connectivity index is 1.31. The number of rotatable bonds is 9. The molecule has 3 heterocycles. The van der Waals surface area contributed by atoms with Gasteiger partial charge in [0, 0.05) is 42.7 Å². The summed E-state index contributed by atoms with van der Waals surface area (Å²) in [7, 11) is -2.13. The Hall–Kier alpha value is -3.00. The van der Waals surface area contributed by atoms with Crippen molar-refractivity contribution in [3.63, 3.8) is 0 Å². The van der Waals surface area contributed by atoms with Crippen LogP contribution in [-0.2, 0) is 26.0 Å². The van der Waals surface area contributed by atoms with Crippen molar-refractivity contribution in [2.45, 2.75) is 54.4 Å². The highest BCUT2D eigenvalue weighted by Gasteiger charge is 2.41. The minimum atomic E-state index is -4.02. The van der Waals surface area contributed by atoms with Gasteiger partial charge in [-0.3, -0.25) is 4.79 Å². The molecule has 2 aliphatic rings. The minimum absolute atomic E-state index is 0.0106. The van der Waals surface area contributed by atoms with E-state index in [2.05, 4.69) is 14.7 Å². The van der Waals surface area contributed by atoms with Crippen LogP contribution in [0.5, 0.6) is 0 Å². The first-order valence-electron chi connectivity index (χ1n) is 12.1. The van der Waals surface area contributed by atoms with E-state index in [0.717, 1.165) is 36.0 Å². The van der Waals surface area contributed by atoms with Gasteiger partial charge in [-0.25, -0.2) is 23.2 Å². The molecule has 1 saturated carbocycles. The number of aliphatic carboxylic acids is 1. The fraction of sp³-hybridized carbons (Fsp3) is 0.417. The third kappa shape index (κ3) is 5.03. The average molecular weight is 579 g/mol. The number of carboxylic acids is 1. The largest absolute Gasteiger partial charge is 0.480 e. The molecule has 1 amide bonds. The van der Waals surface area contributed by atoms with Crippen molar-refractivity contribution in [3.05, 3.63) is 41.2 Å². The molecule has 202 valence electrons. The second kappa shape index (κ2) is 10.3. The summed E-state index contributed by atoms with van der Waals surface area (Å²) in [5, 5.41) is 12.3. The summed E-state index contributed by atoms with van der Waals surface area (Å²) in [5.74, 6) is -1.50. The number of nitrogens with two attached hydrogens (primary N) is 1. The van der Waals surface area contributed by atoms with Crippen LogP contribution in [0.1, 0.15) is 31.2 Å². The molecule has 2 unspecified atom stereocenters. The van der Waals surface area contributed by atoms with E-state index in [9.17, 15) is 23.1 Å². The van der Waals surface area contributed by atoms with E-state index in [1.807, 2.05) is 11.9 Å². The first-order valence-corrected chi connectivity index (χ1v) is 14.8. The molecular weight excluding hydrogens is 552 g/mol. The van der Waals surface area contributed by atoms with Crippen molar-refractivity contribution in [1.82, 2.24) is 19.6 Å². The summed E-state index contributed by atoms with van der Waals surface area (Å²) in [6.07, 6.45) is 6.16. The number of nitrogen functional groups attached to an aromatic ring is 1. The lowest BCUT2D eigenvalue weighted by molar-refractivity contribution is -0.148. The molecule has 2 atom stereocenters. The monoisotopic (exact) mass is 578 g/mol. The van der Waals surface area contributed by atoms with Gasteiger partial charge in [0.1, 0.15) is 17.9 Å². The molecule has 5 rings (SSSR count). The van der Waals surface area contributed by atoms with Crippen LogP contribution in [0.3, 0.4) is 0 Å². The van der Waals surface area contributed by atoms with Gasteiger partial charge in [0.05, 0.1) is 6.20 Å². The fourth-order valence-corrected chi connectivity index (χ4v) is 7.43. The van der Waals surface area contributed by atoms with Crippen LogP contribution in [0.25, 0.3) is 10.8 Å². The van der Waals surface area contributed by atoms with Gasteiger partial charge >= 0.3 is 5.97 Å². The molecule has 1 saturated heterocycles. The zero-order chi connectivity index (χ0) is 27.2. The molecular formula is C24H27ClN6O5S2. The molecule has 11 nitrogen and oxygen atoms in total. The lowest BCUT2D eigenvalue weighted by atomic mass is 9.92. The molecule has 0 spiro atoms. The number of aromatic nitrogens is 2. The van der Waals surface area contributed by atoms with E-state index in [-0.39, 0.29) is 23.6 Å². The van der Waals surface area contributed by atoms with E-state index in [4.69, 9.17) is 17.3 Å². The average Bonchev–Trinajstić information content (AvgIpc) is 3.45. The van der Waals surface area contributed by atoms with Crippen molar-refractivity contribution >= 4 is 66.6 Å². The van der Waals surface area contributed by atoms with E-state index in [1.165, 1.54) is 11.1 Å². The van der Waals surface area contributed by atoms with E-state index < -0.39 is 34.0 Å². The highest BCUT2D eigenvalue weighted by Crippen LogP contribution is 2.33. The van der Waals surface area contributed by atoms with Crippen LogP contribution in [0.2, 0.25) is 5.02 Å². The molecule has 0 radical (unpaired) electrons. The van der Waals surface area contributed by atoms with Crippen molar-refractivity contribution in [2.24, 2.45) is 0 Å². The number of pyridine rings is 1. The summed E-state index contributed by atoms with van der Waals surface area (Å²) in [6, 6.07) is 3.15. The van der Waals surface area contributed by atoms with Crippen LogP contribution < -0.4 is 15.4 Å². The fourth-order valence-electron chi connectivity index (χ4n) is 4.79. The number of sulfonamides is 1. The zero-order valence-electron chi connectivity index (χ0n) is 20.5. The third-order valence-electron chi connectivity index (χ3n) is 7.24. The second-order valence-corrected chi connectivity index (χ2v) is 12.9. The quantitative estimate of drug-likeness (QED) is 0.347. The molecule has 38 heavy (non-hydrogen) atoms. The molecule has 1 aliphatic carbocycles. The number of carboxylic acid groups (broad SMARTS) is 1. The highest BCUT2D eigenvalue weighted by atomic mass is 35.5. The summed E-state index contributed by atoms with van der Waals surface area (Å²) in [5.41, 5.74) is 6.44. The standard InChI is InChI=1S/C24H27ClN6O5S2/c1-30(15-3-2-4-15)24-28-12-20(37-24)38(35,36)29-18-6-8-31(22(18)32)19(23(33)34)10-14-9-13-5-7-27-21(26)16(13)11-17(14)25/h5,7,9,11-12,15,18-19,29H,2-4,6,8,10H2,1H3,(H2,26,27)(H,33,34). The van der Waals surface area contributed by atoms with Gasteiger partial charge in [-0.1, -0.05) is 22.9 Å². The number of hydrogen-bond donors (Lipinski definition) is 3. The van der Waals surface area contributed by atoms with Crippen LogP contribution in [0.4, 0.5) is 10.9 Å². The van der Waals surface area contributed by atoms with Gasteiger partial charge in [0.15, 0.2) is 9.34 Å². The second-order valence-electron chi connectivity index (χ2n) is 9.57. The lowest BCUT2D eigenvalue weighted by Gasteiger charge is -2.34. The maximum atomic E-state index is 13.2. The Morgan fingerprint density at radius 3 is 2.79 bits per heavy atom. The maximum absolute atomic E-state index is 13.2. The number of anilines is 2. The van der Waals surface area contributed by atoms with Crippen molar-refractivity contribution in [3.8, 4) is 0 Å². The highest BCUT2D eigenvalue weighted by molar-refractivity contribution is 7.91. The third-order valence-corrected chi connectivity index (χ3v) is 10.6. The van der Waals surface area contributed by atoms with Crippen LogP contribution in [0.15, 0.2) is 34.8 Å². The number of nitrogens with one attached hydrogen (secondary N) is 1. The van der Waals surface area contributed by atoms with Gasteiger partial charge < -0.3 is 20.6 Å². The molecule has 2 fully saturated rings. The van der Waals surface area contributed by atoms with Gasteiger partial charge in [-0.15, -0.1) is 0 Å². The predicted molar refractivity (Wildman–Crippen MR) is 145 cm³/mol. The number of hydrogen-bond acceptors (Lipinski definition) is 9. The first kappa shape index (κ1) is 26.6. The smallest absolute Gasteiger partial charge is 0.326 e. The molecule has 4 N–H and O–H groups in total. The van der Waals surface area contributed by atoms with E-state index in [1.54, 1.807) is 24.4 Å². The van der Waals surface area contributed by atoms with E-state index >= 15 is 0 Å². The number of thiazole rings is 1. The van der Waals surface area contributed by atoms with Gasteiger partial charge in [0.2, 0.25) is 5.91 Å². The van der Waals surface area contributed by atoms with Gasteiger partial charge in [-0.2, -0.15) is 4.72 Å². The minimum Gasteiger partial charge on any atom is -0.480 e. The Morgan fingerprint density at radius 1 is 1.34 bits per heavy atom. The summed E-state index contributed by atoms with van der Waals surface area (Å²) < 4.78 is 28.5. The topological polar surface area (TPSA) is 159 Å². The summed E-state index contributed by atoms with van der Waals surface area (Å²) in [4.78, 5) is 36.9. The number of carbonyl (C=O) groups is 2. The van der Waals surface area contributed by atoms with Crippen LogP contribution in [0, 0.1) is 0 Å². The number of benzene rings is 1. The Kier molecular flexibility index (Phi) is 7.20. The molecule has 14 heteroatoms. The van der Waals surface area contributed by atoms with E-state index in [0.29, 0.717) is 33.0 Å². The van der Waals surface area contributed by atoms with Crippen LogP contribution in [-0.4, -0.2) is 72.0 Å². The maximum Gasteiger partial charge on any atom is 0.326 e. The number of likely N-dealkylation sites (tertiary alicyclic amines) is 1. The lowest BCUT2D eigenvalue weighted by Crippen LogP contribution is -2.48. The normalized spacial score (nSPS) is 19.1.